The van der Waals surface area contributed by atoms with Crippen molar-refractivity contribution < 1.29 is 5.11 Å². The first-order chi connectivity index (χ1) is 7.75. The van der Waals surface area contributed by atoms with Gasteiger partial charge in [0.1, 0.15) is 0 Å². The number of hydrogen-bond acceptors (Lipinski definition) is 3. The smallest absolute Gasteiger partial charge is 0.0962 e. The fraction of sp³-hybridized carbons (Fsp3) is 0.167. The summed E-state index contributed by atoms with van der Waals surface area (Å²) in [5, 5.41) is 17.8. The van der Waals surface area contributed by atoms with E-state index in [1.54, 1.807) is 23.5 Å². The van der Waals surface area contributed by atoms with E-state index in [0.29, 0.717) is 11.6 Å². The standard InChI is InChI=1S/C12H12ClNOS/c13-10-3-1-9(2-4-10)12(15)7-14-11-5-6-16-8-11/h1-6,8,12,14-15H,7H2. The molecule has 0 aliphatic rings. The zero-order valence-electron chi connectivity index (χ0n) is 8.56. The minimum Gasteiger partial charge on any atom is -0.387 e. The molecule has 0 aliphatic carbocycles. The number of aliphatic hydroxyl groups is 1. The molecule has 2 nitrogen and oxygen atoms in total. The Kier molecular flexibility index (Phi) is 3.83. The molecule has 0 spiro atoms. The molecule has 4 heteroatoms. The minimum atomic E-state index is -0.517. The van der Waals surface area contributed by atoms with E-state index in [9.17, 15) is 5.11 Å². The van der Waals surface area contributed by atoms with Crippen LogP contribution in [-0.4, -0.2) is 11.7 Å². The molecule has 16 heavy (non-hydrogen) atoms. The molecule has 1 unspecified atom stereocenters. The normalized spacial score (nSPS) is 12.4. The first-order valence-corrected chi connectivity index (χ1v) is 6.27. The van der Waals surface area contributed by atoms with E-state index >= 15 is 0 Å². The van der Waals surface area contributed by atoms with Crippen LogP contribution >= 0.6 is 22.9 Å². The van der Waals surface area contributed by atoms with Gasteiger partial charge in [-0.05, 0) is 29.1 Å². The Morgan fingerprint density at radius 1 is 1.25 bits per heavy atom. The van der Waals surface area contributed by atoms with Crippen molar-refractivity contribution >= 4 is 28.6 Å². The van der Waals surface area contributed by atoms with Gasteiger partial charge >= 0.3 is 0 Å². The highest BCUT2D eigenvalue weighted by Crippen LogP contribution is 2.18. The molecule has 2 aromatic rings. The number of nitrogens with one attached hydrogen (secondary N) is 1. The van der Waals surface area contributed by atoms with Crippen molar-refractivity contribution in [1.29, 1.82) is 0 Å². The van der Waals surface area contributed by atoms with Crippen LogP contribution < -0.4 is 5.32 Å². The summed E-state index contributed by atoms with van der Waals surface area (Å²) in [5.74, 6) is 0. The van der Waals surface area contributed by atoms with Gasteiger partial charge in [0.15, 0.2) is 0 Å². The van der Waals surface area contributed by atoms with Gasteiger partial charge < -0.3 is 10.4 Å². The van der Waals surface area contributed by atoms with Crippen LogP contribution in [0.2, 0.25) is 5.02 Å². The van der Waals surface area contributed by atoms with Crippen LogP contribution in [0.25, 0.3) is 0 Å². The predicted molar refractivity (Wildman–Crippen MR) is 69.2 cm³/mol. The Labute approximate surface area is 104 Å². The van der Waals surface area contributed by atoms with Crippen LogP contribution in [0.15, 0.2) is 41.1 Å². The van der Waals surface area contributed by atoms with Crippen LogP contribution in [0.1, 0.15) is 11.7 Å². The highest BCUT2D eigenvalue weighted by Gasteiger charge is 2.06. The maximum absolute atomic E-state index is 9.91. The first-order valence-electron chi connectivity index (χ1n) is 4.95. The van der Waals surface area contributed by atoms with E-state index < -0.39 is 6.10 Å². The summed E-state index contributed by atoms with van der Waals surface area (Å²) in [6.45, 7) is 0.498. The van der Waals surface area contributed by atoms with Gasteiger partial charge in [-0.1, -0.05) is 23.7 Å². The molecule has 0 bridgehead atoms. The minimum absolute atomic E-state index is 0.498. The number of aliphatic hydroxyl groups excluding tert-OH is 1. The van der Waals surface area contributed by atoms with Crippen LogP contribution in [0.4, 0.5) is 5.69 Å². The van der Waals surface area contributed by atoms with Crippen molar-refractivity contribution in [2.45, 2.75) is 6.10 Å². The topological polar surface area (TPSA) is 32.3 Å². The van der Waals surface area contributed by atoms with Crippen LogP contribution in [0.5, 0.6) is 0 Å². The summed E-state index contributed by atoms with van der Waals surface area (Å²) >= 11 is 7.41. The van der Waals surface area contributed by atoms with Crippen molar-refractivity contribution in [3.63, 3.8) is 0 Å². The van der Waals surface area contributed by atoms with E-state index in [1.807, 2.05) is 29.0 Å². The van der Waals surface area contributed by atoms with Crippen molar-refractivity contribution in [2.24, 2.45) is 0 Å². The molecule has 0 saturated heterocycles. The number of halogens is 1. The van der Waals surface area contributed by atoms with Crippen LogP contribution in [0, 0.1) is 0 Å². The highest BCUT2D eigenvalue weighted by molar-refractivity contribution is 7.08. The molecule has 1 heterocycles. The molecular formula is C12H12ClNOS. The second kappa shape index (κ2) is 5.34. The zero-order chi connectivity index (χ0) is 11.4. The van der Waals surface area contributed by atoms with Gasteiger partial charge in [-0.25, -0.2) is 0 Å². The molecule has 1 aromatic carbocycles. The highest BCUT2D eigenvalue weighted by atomic mass is 35.5. The average Bonchev–Trinajstić information content (AvgIpc) is 2.80. The zero-order valence-corrected chi connectivity index (χ0v) is 10.1. The lowest BCUT2D eigenvalue weighted by molar-refractivity contribution is 0.191. The summed E-state index contributed by atoms with van der Waals surface area (Å²) in [6.07, 6.45) is -0.517. The van der Waals surface area contributed by atoms with E-state index in [4.69, 9.17) is 11.6 Å². The summed E-state index contributed by atoms with van der Waals surface area (Å²) in [4.78, 5) is 0. The molecule has 1 aromatic heterocycles. The van der Waals surface area contributed by atoms with E-state index in [1.165, 1.54) is 0 Å². The molecule has 0 amide bonds. The van der Waals surface area contributed by atoms with E-state index in [0.717, 1.165) is 11.3 Å². The molecule has 0 aliphatic heterocycles. The van der Waals surface area contributed by atoms with Crippen molar-refractivity contribution in [3.8, 4) is 0 Å². The second-order valence-electron chi connectivity index (χ2n) is 3.46. The van der Waals surface area contributed by atoms with E-state index in [2.05, 4.69) is 5.32 Å². The van der Waals surface area contributed by atoms with Gasteiger partial charge in [-0.3, -0.25) is 0 Å². The van der Waals surface area contributed by atoms with Gasteiger partial charge in [-0.2, -0.15) is 11.3 Å². The van der Waals surface area contributed by atoms with Crippen molar-refractivity contribution in [2.75, 3.05) is 11.9 Å². The Balaban J connectivity index is 1.93. The molecule has 2 N–H and O–H groups in total. The van der Waals surface area contributed by atoms with Gasteiger partial charge in [-0.15, -0.1) is 0 Å². The number of rotatable bonds is 4. The molecule has 1 atom stereocenters. The Bertz CT molecular complexity index is 427. The fourth-order valence-electron chi connectivity index (χ4n) is 1.38. The number of benzene rings is 1. The van der Waals surface area contributed by atoms with Gasteiger partial charge in [0.25, 0.3) is 0 Å². The number of thiophene rings is 1. The summed E-state index contributed by atoms with van der Waals surface area (Å²) in [7, 11) is 0. The number of hydrogen-bond donors (Lipinski definition) is 2. The Morgan fingerprint density at radius 3 is 2.62 bits per heavy atom. The van der Waals surface area contributed by atoms with Gasteiger partial charge in [0.2, 0.25) is 0 Å². The largest absolute Gasteiger partial charge is 0.387 e. The number of anilines is 1. The third kappa shape index (κ3) is 2.98. The van der Waals surface area contributed by atoms with Crippen molar-refractivity contribution in [3.05, 3.63) is 51.7 Å². The monoisotopic (exact) mass is 253 g/mol. The summed E-state index contributed by atoms with van der Waals surface area (Å²) in [5.41, 5.74) is 1.91. The Morgan fingerprint density at radius 2 is 2.00 bits per heavy atom. The summed E-state index contributed by atoms with van der Waals surface area (Å²) in [6, 6.07) is 9.22. The van der Waals surface area contributed by atoms with E-state index in [-0.39, 0.29) is 0 Å². The fourth-order valence-corrected chi connectivity index (χ4v) is 2.12. The SMILES string of the molecule is OC(CNc1ccsc1)c1ccc(Cl)cc1. The molecule has 0 radical (unpaired) electrons. The first kappa shape index (κ1) is 11.5. The molecule has 0 saturated carbocycles. The quantitative estimate of drug-likeness (QED) is 0.874. The third-order valence-electron chi connectivity index (χ3n) is 2.28. The molecule has 2 rings (SSSR count). The Hall–Kier alpha value is -1.03. The molecular weight excluding hydrogens is 242 g/mol. The summed E-state index contributed by atoms with van der Waals surface area (Å²) < 4.78 is 0. The van der Waals surface area contributed by atoms with Gasteiger partial charge in [0, 0.05) is 22.6 Å². The molecule has 84 valence electrons. The second-order valence-corrected chi connectivity index (χ2v) is 4.68. The lowest BCUT2D eigenvalue weighted by Gasteiger charge is -2.12. The average molecular weight is 254 g/mol. The maximum Gasteiger partial charge on any atom is 0.0962 e. The maximum atomic E-state index is 9.91. The lowest BCUT2D eigenvalue weighted by Crippen LogP contribution is -2.11. The van der Waals surface area contributed by atoms with Crippen LogP contribution in [0.3, 0.4) is 0 Å². The van der Waals surface area contributed by atoms with Gasteiger partial charge in [0.05, 0.1) is 6.10 Å². The van der Waals surface area contributed by atoms with Crippen molar-refractivity contribution in [1.82, 2.24) is 0 Å². The van der Waals surface area contributed by atoms with Crippen LogP contribution in [-0.2, 0) is 0 Å². The predicted octanol–water partition coefficient (Wildman–Crippen LogP) is 3.55. The lowest BCUT2D eigenvalue weighted by atomic mass is 10.1. The molecule has 0 fully saturated rings. The third-order valence-corrected chi connectivity index (χ3v) is 3.21.